The molecule has 0 aliphatic rings. The summed E-state index contributed by atoms with van der Waals surface area (Å²) in [4.78, 5) is 27.6. The third-order valence-corrected chi connectivity index (χ3v) is 5.25. The van der Waals surface area contributed by atoms with E-state index in [2.05, 4.69) is 15.3 Å². The summed E-state index contributed by atoms with van der Waals surface area (Å²) < 4.78 is 12.1. The molecule has 1 atom stereocenters. The number of aromatic nitrogens is 2. The van der Waals surface area contributed by atoms with Gasteiger partial charge < -0.3 is 20.2 Å². The van der Waals surface area contributed by atoms with Gasteiger partial charge in [-0.15, -0.1) is 0 Å². The molecule has 0 radical (unpaired) electrons. The van der Waals surface area contributed by atoms with E-state index in [1.165, 1.54) is 18.6 Å². The number of hydrogen-bond donors (Lipinski definition) is 4. The average Bonchev–Trinajstić information content (AvgIpc) is 2.49. The lowest BCUT2D eigenvalue weighted by molar-refractivity contribution is 0.360. The first-order chi connectivity index (χ1) is 11.5. The molecule has 136 valence electrons. The van der Waals surface area contributed by atoms with E-state index in [0.29, 0.717) is 22.5 Å². The Kier molecular flexibility index (Phi) is 5.52. The molecule has 1 aromatic carbocycles. The maximum atomic E-state index is 12.1. The average molecular weight is 365 g/mol. The normalized spacial score (nSPS) is 13.5. The van der Waals surface area contributed by atoms with E-state index in [-0.39, 0.29) is 17.7 Å². The van der Waals surface area contributed by atoms with Crippen LogP contribution in [-0.4, -0.2) is 31.4 Å². The molecule has 0 aliphatic carbocycles. The summed E-state index contributed by atoms with van der Waals surface area (Å²) in [6.07, 6.45) is 4.50. The molecule has 0 fully saturated rings. The van der Waals surface area contributed by atoms with Crippen LogP contribution < -0.4 is 5.32 Å². The van der Waals surface area contributed by atoms with Crippen LogP contribution in [0, 0.1) is 6.92 Å². The number of aryl methyl sites for hydroxylation is 1. The molecule has 1 unspecified atom stereocenters. The van der Waals surface area contributed by atoms with Gasteiger partial charge in [-0.1, -0.05) is 32.9 Å². The monoisotopic (exact) mass is 365 g/mol. The summed E-state index contributed by atoms with van der Waals surface area (Å²) in [5, 5.41) is 13.2. The van der Waals surface area contributed by atoms with Crippen molar-refractivity contribution in [2.75, 3.05) is 11.9 Å². The van der Waals surface area contributed by atoms with Gasteiger partial charge in [0.1, 0.15) is 17.2 Å². The van der Waals surface area contributed by atoms with Gasteiger partial charge in [0, 0.05) is 18.9 Å². The summed E-state index contributed by atoms with van der Waals surface area (Å²) in [7, 11) is -4.43. The summed E-state index contributed by atoms with van der Waals surface area (Å²) in [6, 6.07) is 3.29. The number of benzene rings is 1. The van der Waals surface area contributed by atoms with Gasteiger partial charge in [-0.05, 0) is 29.0 Å². The third kappa shape index (κ3) is 4.78. The highest BCUT2D eigenvalue weighted by molar-refractivity contribution is 7.52. The highest BCUT2D eigenvalue weighted by Gasteiger charge is 2.32. The Hall–Kier alpha value is -1.95. The highest BCUT2D eigenvalue weighted by atomic mass is 31.2. The van der Waals surface area contributed by atoms with Gasteiger partial charge in [0.2, 0.25) is 0 Å². The molecular weight excluding hydrogens is 341 g/mol. The Morgan fingerprint density at radius 3 is 2.44 bits per heavy atom. The van der Waals surface area contributed by atoms with Crippen molar-refractivity contribution in [3.63, 3.8) is 0 Å². The van der Waals surface area contributed by atoms with Crippen molar-refractivity contribution >= 4 is 13.4 Å². The second kappa shape index (κ2) is 7.12. The number of phenols is 1. The van der Waals surface area contributed by atoms with E-state index in [1.54, 1.807) is 19.1 Å². The molecule has 2 aromatic rings. The van der Waals surface area contributed by atoms with Gasteiger partial charge in [-0.3, -0.25) is 9.55 Å². The summed E-state index contributed by atoms with van der Waals surface area (Å²) in [6.45, 7) is 7.54. The minimum atomic E-state index is -4.43. The molecule has 0 spiro atoms. The summed E-state index contributed by atoms with van der Waals surface area (Å²) >= 11 is 0. The smallest absolute Gasteiger partial charge is 0.334 e. The highest BCUT2D eigenvalue weighted by Crippen LogP contribution is 2.53. The van der Waals surface area contributed by atoms with Crippen molar-refractivity contribution in [2.45, 2.75) is 38.8 Å². The van der Waals surface area contributed by atoms with E-state index in [1.807, 2.05) is 20.8 Å². The molecule has 7 nitrogen and oxygen atoms in total. The molecule has 1 aromatic heterocycles. The zero-order valence-corrected chi connectivity index (χ0v) is 15.7. The van der Waals surface area contributed by atoms with E-state index in [9.17, 15) is 19.5 Å². The van der Waals surface area contributed by atoms with E-state index in [4.69, 9.17) is 0 Å². The van der Waals surface area contributed by atoms with Crippen LogP contribution in [0.3, 0.4) is 0 Å². The van der Waals surface area contributed by atoms with Crippen LogP contribution in [0.2, 0.25) is 0 Å². The Bertz CT molecular complexity index is 784. The van der Waals surface area contributed by atoms with Crippen molar-refractivity contribution < 1.29 is 19.5 Å². The predicted octanol–water partition coefficient (Wildman–Crippen LogP) is 3.12. The van der Waals surface area contributed by atoms with Crippen LogP contribution in [-0.2, 0) is 9.98 Å². The molecule has 25 heavy (non-hydrogen) atoms. The predicted molar refractivity (Wildman–Crippen MR) is 96.9 cm³/mol. The van der Waals surface area contributed by atoms with Gasteiger partial charge in [0.05, 0.1) is 6.20 Å². The SMILES string of the molecule is Cc1cc(C(CNc2cnccn2)P(=O)(O)O)cc(C(C)(C)C)c1O. The van der Waals surface area contributed by atoms with Crippen LogP contribution in [0.25, 0.3) is 0 Å². The van der Waals surface area contributed by atoms with Crippen molar-refractivity contribution in [1.82, 2.24) is 9.97 Å². The topological polar surface area (TPSA) is 116 Å². The first-order valence-electron chi connectivity index (χ1n) is 7.89. The Labute approximate surface area is 147 Å². The third-order valence-electron chi connectivity index (χ3n) is 3.96. The number of anilines is 1. The fourth-order valence-electron chi connectivity index (χ4n) is 2.59. The first-order valence-corrected chi connectivity index (χ1v) is 9.57. The lowest BCUT2D eigenvalue weighted by Crippen LogP contribution is -2.17. The molecule has 0 aliphatic heterocycles. The number of phenolic OH excluding ortho intramolecular Hbond substituents is 1. The van der Waals surface area contributed by atoms with Crippen LogP contribution in [0.5, 0.6) is 5.75 Å². The standard InChI is InChI=1S/C17H24N3O4P/c1-11-7-12(8-13(16(11)21)17(2,3)4)14(25(22,23)24)9-20-15-10-18-5-6-19-15/h5-8,10,14,21H,9H2,1-4H3,(H,19,20)(H2,22,23,24). The minimum Gasteiger partial charge on any atom is -0.507 e. The van der Waals surface area contributed by atoms with Crippen LogP contribution >= 0.6 is 7.60 Å². The zero-order chi connectivity index (χ0) is 18.8. The van der Waals surface area contributed by atoms with Crippen LogP contribution in [0.4, 0.5) is 5.82 Å². The number of nitrogens with one attached hydrogen (secondary N) is 1. The minimum absolute atomic E-state index is 0.00321. The maximum Gasteiger partial charge on any atom is 0.334 e. The fraction of sp³-hybridized carbons (Fsp3) is 0.412. The maximum absolute atomic E-state index is 12.1. The molecule has 0 bridgehead atoms. The van der Waals surface area contributed by atoms with Crippen molar-refractivity contribution in [3.05, 3.63) is 47.4 Å². The Balaban J connectivity index is 2.42. The van der Waals surface area contributed by atoms with Gasteiger partial charge in [0.15, 0.2) is 0 Å². The molecule has 4 N–H and O–H groups in total. The van der Waals surface area contributed by atoms with E-state index < -0.39 is 13.3 Å². The number of nitrogens with zero attached hydrogens (tertiary/aromatic N) is 2. The number of aromatic hydroxyl groups is 1. The Morgan fingerprint density at radius 1 is 1.24 bits per heavy atom. The largest absolute Gasteiger partial charge is 0.507 e. The molecular formula is C17H24N3O4P. The van der Waals surface area contributed by atoms with Crippen molar-refractivity contribution in [1.29, 1.82) is 0 Å². The van der Waals surface area contributed by atoms with Crippen LogP contribution in [0.1, 0.15) is 43.1 Å². The molecule has 2 rings (SSSR count). The lowest BCUT2D eigenvalue weighted by Gasteiger charge is -2.26. The van der Waals surface area contributed by atoms with Crippen molar-refractivity contribution in [2.24, 2.45) is 0 Å². The number of rotatable bonds is 5. The first kappa shape index (κ1) is 19.4. The lowest BCUT2D eigenvalue weighted by atomic mass is 9.84. The van der Waals surface area contributed by atoms with Gasteiger partial charge in [0.25, 0.3) is 0 Å². The van der Waals surface area contributed by atoms with Crippen molar-refractivity contribution in [3.8, 4) is 5.75 Å². The van der Waals surface area contributed by atoms with E-state index >= 15 is 0 Å². The molecule has 0 saturated heterocycles. The Morgan fingerprint density at radius 2 is 1.92 bits per heavy atom. The second-order valence-corrected chi connectivity index (χ2v) is 8.86. The number of hydrogen-bond acceptors (Lipinski definition) is 5. The summed E-state index contributed by atoms with van der Waals surface area (Å²) in [5.41, 5.74) is 0.295. The quantitative estimate of drug-likeness (QED) is 0.602. The van der Waals surface area contributed by atoms with Gasteiger partial charge in [-0.2, -0.15) is 0 Å². The molecule has 1 heterocycles. The van der Waals surface area contributed by atoms with E-state index in [0.717, 1.165) is 0 Å². The molecule has 8 heteroatoms. The molecule has 0 amide bonds. The zero-order valence-electron chi connectivity index (χ0n) is 14.8. The summed E-state index contributed by atoms with van der Waals surface area (Å²) in [5.74, 6) is 0.593. The second-order valence-electron chi connectivity index (χ2n) is 7.06. The van der Waals surface area contributed by atoms with Crippen LogP contribution in [0.15, 0.2) is 30.7 Å². The molecule has 0 saturated carbocycles. The fourth-order valence-corrected chi connectivity index (χ4v) is 3.46. The van der Waals surface area contributed by atoms with Gasteiger partial charge >= 0.3 is 7.60 Å². The van der Waals surface area contributed by atoms with Gasteiger partial charge in [-0.25, -0.2) is 4.98 Å².